The van der Waals surface area contributed by atoms with Crippen LogP contribution in [-0.2, 0) is 4.79 Å². The molecule has 2 saturated carbocycles. The first-order valence-corrected chi connectivity index (χ1v) is 8.68. The Bertz CT molecular complexity index is 515. The van der Waals surface area contributed by atoms with Crippen LogP contribution in [0, 0.1) is 12.8 Å². The van der Waals surface area contributed by atoms with E-state index < -0.39 is 5.54 Å². The van der Waals surface area contributed by atoms with E-state index in [1.54, 1.807) is 11.8 Å². The maximum absolute atomic E-state index is 12.1. The number of nitrogens with one attached hydrogen (secondary N) is 2. The van der Waals surface area contributed by atoms with E-state index in [1.165, 1.54) is 12.8 Å². The van der Waals surface area contributed by atoms with E-state index in [4.69, 9.17) is 5.73 Å². The third-order valence-corrected chi connectivity index (χ3v) is 5.45. The maximum Gasteiger partial charge on any atom is 0.238 e. The van der Waals surface area contributed by atoms with E-state index in [0.717, 1.165) is 42.4 Å². The van der Waals surface area contributed by atoms with Crippen molar-refractivity contribution >= 4 is 17.7 Å². The van der Waals surface area contributed by atoms with E-state index in [-0.39, 0.29) is 5.91 Å². The SMILES string of the molecule is Cc1nc(SCCC2CCCC2(NC2CC2)C(N)=O)n[nH]1. The van der Waals surface area contributed by atoms with E-state index in [1.807, 2.05) is 6.92 Å². The number of nitrogens with zero attached hydrogens (tertiary/aromatic N) is 2. The number of H-pyrrole nitrogens is 1. The predicted octanol–water partition coefficient (Wildman–Crippen LogP) is 1.37. The van der Waals surface area contributed by atoms with Crippen molar-refractivity contribution in [2.24, 2.45) is 11.7 Å². The number of carbonyl (C=O) groups is 1. The molecule has 2 atom stereocenters. The minimum absolute atomic E-state index is 0.171. The minimum Gasteiger partial charge on any atom is -0.368 e. The van der Waals surface area contributed by atoms with Gasteiger partial charge in [0.1, 0.15) is 11.4 Å². The van der Waals surface area contributed by atoms with Gasteiger partial charge >= 0.3 is 0 Å². The molecule has 1 aromatic rings. The summed E-state index contributed by atoms with van der Waals surface area (Å²) in [5, 5.41) is 11.3. The normalized spacial score (nSPS) is 28.9. The number of primary amides is 1. The van der Waals surface area contributed by atoms with Crippen LogP contribution >= 0.6 is 11.8 Å². The van der Waals surface area contributed by atoms with Gasteiger partial charge in [-0.1, -0.05) is 18.2 Å². The summed E-state index contributed by atoms with van der Waals surface area (Å²) in [5.41, 5.74) is 5.27. The Morgan fingerprint density at radius 1 is 1.52 bits per heavy atom. The number of aromatic nitrogens is 3. The lowest BCUT2D eigenvalue weighted by atomic mass is 9.84. The van der Waals surface area contributed by atoms with Gasteiger partial charge in [0, 0.05) is 11.8 Å². The van der Waals surface area contributed by atoms with Crippen LogP contribution in [0.1, 0.15) is 44.3 Å². The van der Waals surface area contributed by atoms with Crippen molar-refractivity contribution in [3.05, 3.63) is 5.82 Å². The second kappa shape index (κ2) is 5.96. The first-order valence-electron chi connectivity index (χ1n) is 7.69. The van der Waals surface area contributed by atoms with Crippen molar-refractivity contribution in [3.8, 4) is 0 Å². The maximum atomic E-state index is 12.1. The quantitative estimate of drug-likeness (QED) is 0.661. The lowest BCUT2D eigenvalue weighted by Crippen LogP contribution is -2.58. The molecule has 1 heterocycles. The van der Waals surface area contributed by atoms with Crippen LogP contribution in [0.2, 0.25) is 0 Å². The highest BCUT2D eigenvalue weighted by Crippen LogP contribution is 2.41. The first kappa shape index (κ1) is 14.8. The Hall–Kier alpha value is -1.08. The van der Waals surface area contributed by atoms with Gasteiger partial charge in [0.15, 0.2) is 0 Å². The molecule has 6 nitrogen and oxygen atoms in total. The fraction of sp³-hybridized carbons (Fsp3) is 0.786. The number of thioether (sulfide) groups is 1. The molecule has 1 aromatic heterocycles. The van der Waals surface area contributed by atoms with Gasteiger partial charge in [0.05, 0.1) is 0 Å². The average Bonchev–Trinajstić information content (AvgIpc) is 3.00. The summed E-state index contributed by atoms with van der Waals surface area (Å²) in [6.07, 6.45) is 6.36. The molecule has 2 unspecified atom stereocenters. The highest BCUT2D eigenvalue weighted by molar-refractivity contribution is 7.99. The molecule has 0 aliphatic heterocycles. The lowest BCUT2D eigenvalue weighted by Gasteiger charge is -2.34. The summed E-state index contributed by atoms with van der Waals surface area (Å²) in [5.74, 6) is 1.92. The Morgan fingerprint density at radius 2 is 2.33 bits per heavy atom. The van der Waals surface area contributed by atoms with Gasteiger partial charge in [0.25, 0.3) is 0 Å². The summed E-state index contributed by atoms with van der Waals surface area (Å²) in [6.45, 7) is 1.89. The molecule has 2 fully saturated rings. The van der Waals surface area contributed by atoms with Gasteiger partial charge in [-0.25, -0.2) is 4.98 Å². The molecule has 116 valence electrons. The number of hydrogen-bond acceptors (Lipinski definition) is 5. The molecule has 21 heavy (non-hydrogen) atoms. The van der Waals surface area contributed by atoms with Crippen LogP contribution in [0.4, 0.5) is 0 Å². The van der Waals surface area contributed by atoms with Crippen molar-refractivity contribution in [1.29, 1.82) is 0 Å². The Balaban J connectivity index is 1.58. The number of amides is 1. The van der Waals surface area contributed by atoms with Gasteiger partial charge in [-0.3, -0.25) is 9.89 Å². The van der Waals surface area contributed by atoms with Crippen LogP contribution in [0.25, 0.3) is 0 Å². The number of aryl methyl sites for hydroxylation is 1. The van der Waals surface area contributed by atoms with Gasteiger partial charge in [-0.15, -0.1) is 5.10 Å². The molecular formula is C14H23N5OS. The zero-order chi connectivity index (χ0) is 14.9. The topological polar surface area (TPSA) is 96.7 Å². The summed E-state index contributed by atoms with van der Waals surface area (Å²) in [6, 6.07) is 0.501. The van der Waals surface area contributed by atoms with Crippen LogP contribution in [0.5, 0.6) is 0 Å². The molecule has 0 aromatic carbocycles. The summed E-state index contributed by atoms with van der Waals surface area (Å²) < 4.78 is 0. The smallest absolute Gasteiger partial charge is 0.238 e. The second-order valence-corrected chi connectivity index (χ2v) is 7.25. The first-order chi connectivity index (χ1) is 10.1. The average molecular weight is 309 g/mol. The molecule has 0 saturated heterocycles. The lowest BCUT2D eigenvalue weighted by molar-refractivity contribution is -0.126. The second-order valence-electron chi connectivity index (χ2n) is 6.18. The molecule has 4 N–H and O–H groups in total. The molecule has 1 amide bonds. The van der Waals surface area contributed by atoms with Gasteiger partial charge in [0.2, 0.25) is 11.1 Å². The van der Waals surface area contributed by atoms with Crippen LogP contribution < -0.4 is 11.1 Å². The standard InChI is InChI=1S/C14H23N5OS/c1-9-16-13(19-18-9)21-8-6-10-3-2-7-14(10,12(15)20)17-11-4-5-11/h10-11,17H,2-8H2,1H3,(H2,15,20)(H,16,18,19). The summed E-state index contributed by atoms with van der Waals surface area (Å²) in [4.78, 5) is 16.4. The number of aromatic amines is 1. The number of rotatable bonds is 7. The minimum atomic E-state index is -0.476. The van der Waals surface area contributed by atoms with Crippen molar-refractivity contribution in [2.75, 3.05) is 5.75 Å². The van der Waals surface area contributed by atoms with Crippen molar-refractivity contribution in [1.82, 2.24) is 20.5 Å². The summed E-state index contributed by atoms with van der Waals surface area (Å²) >= 11 is 1.64. The molecular weight excluding hydrogens is 286 g/mol. The van der Waals surface area contributed by atoms with Crippen LogP contribution in [0.3, 0.4) is 0 Å². The van der Waals surface area contributed by atoms with Gasteiger partial charge in [-0.2, -0.15) is 0 Å². The van der Waals surface area contributed by atoms with Crippen LogP contribution in [0.15, 0.2) is 5.16 Å². The van der Waals surface area contributed by atoms with Crippen LogP contribution in [-0.4, -0.2) is 38.4 Å². The molecule has 2 aliphatic rings. The molecule has 0 radical (unpaired) electrons. The zero-order valence-electron chi connectivity index (χ0n) is 12.4. The largest absolute Gasteiger partial charge is 0.368 e. The van der Waals surface area contributed by atoms with Gasteiger partial charge < -0.3 is 11.1 Å². The third-order valence-electron chi connectivity index (χ3n) is 4.57. The van der Waals surface area contributed by atoms with E-state index in [2.05, 4.69) is 20.5 Å². The highest BCUT2D eigenvalue weighted by Gasteiger charge is 2.49. The number of nitrogens with two attached hydrogens (primary N) is 1. The number of hydrogen-bond donors (Lipinski definition) is 3. The monoisotopic (exact) mass is 309 g/mol. The highest BCUT2D eigenvalue weighted by atomic mass is 32.2. The Morgan fingerprint density at radius 3 is 2.95 bits per heavy atom. The van der Waals surface area contributed by atoms with Gasteiger partial charge in [-0.05, 0) is 44.9 Å². The fourth-order valence-corrected chi connectivity index (χ4v) is 4.22. The molecule has 2 aliphatic carbocycles. The fourth-order valence-electron chi connectivity index (χ4n) is 3.33. The van der Waals surface area contributed by atoms with E-state index in [9.17, 15) is 4.79 Å². The van der Waals surface area contributed by atoms with E-state index >= 15 is 0 Å². The van der Waals surface area contributed by atoms with E-state index in [0.29, 0.717) is 12.0 Å². The van der Waals surface area contributed by atoms with Crippen molar-refractivity contribution in [3.63, 3.8) is 0 Å². The molecule has 0 spiro atoms. The predicted molar refractivity (Wildman–Crippen MR) is 81.9 cm³/mol. The number of carbonyl (C=O) groups excluding carboxylic acids is 1. The molecule has 7 heteroatoms. The Kier molecular flexibility index (Phi) is 4.21. The molecule has 0 bridgehead atoms. The zero-order valence-corrected chi connectivity index (χ0v) is 13.2. The Labute approximate surface area is 129 Å². The van der Waals surface area contributed by atoms with Crippen molar-refractivity contribution in [2.45, 2.75) is 62.2 Å². The third kappa shape index (κ3) is 3.23. The van der Waals surface area contributed by atoms with Crippen molar-refractivity contribution < 1.29 is 4.79 Å². The molecule has 3 rings (SSSR count). The summed E-state index contributed by atoms with van der Waals surface area (Å²) in [7, 11) is 0.